The fourth-order valence-corrected chi connectivity index (χ4v) is 7.11. The van der Waals surface area contributed by atoms with Gasteiger partial charge >= 0.3 is 0 Å². The van der Waals surface area contributed by atoms with Gasteiger partial charge < -0.3 is 10.2 Å². The van der Waals surface area contributed by atoms with Crippen LogP contribution in [0.25, 0.3) is 11.1 Å². The molecular weight excluding hydrogens is 494 g/mol. The zero-order valence-corrected chi connectivity index (χ0v) is 22.0. The molecular formula is C31H31N3O3S. The normalized spacial score (nSPS) is 20.6. The summed E-state index contributed by atoms with van der Waals surface area (Å²) >= 11 is 1.12. The van der Waals surface area contributed by atoms with E-state index in [1.54, 1.807) is 0 Å². The molecule has 0 radical (unpaired) electrons. The van der Waals surface area contributed by atoms with Crippen LogP contribution in [-0.4, -0.2) is 35.4 Å². The molecule has 3 heterocycles. The highest BCUT2D eigenvalue weighted by molar-refractivity contribution is 8.15. The summed E-state index contributed by atoms with van der Waals surface area (Å²) in [7, 11) is 0. The summed E-state index contributed by atoms with van der Waals surface area (Å²) in [5.41, 5.74) is 6.73. The molecule has 7 heteroatoms. The Morgan fingerprint density at radius 1 is 0.816 bits per heavy atom. The van der Waals surface area contributed by atoms with Gasteiger partial charge in [-0.3, -0.25) is 19.7 Å². The minimum atomic E-state index is -0.435. The van der Waals surface area contributed by atoms with Crippen molar-refractivity contribution in [2.24, 2.45) is 5.92 Å². The van der Waals surface area contributed by atoms with Gasteiger partial charge in [-0.1, -0.05) is 66.4 Å². The van der Waals surface area contributed by atoms with Gasteiger partial charge in [0.25, 0.3) is 5.24 Å². The number of anilines is 2. The van der Waals surface area contributed by atoms with Crippen LogP contribution in [0.2, 0.25) is 0 Å². The highest BCUT2D eigenvalue weighted by atomic mass is 32.2. The molecule has 0 bridgehead atoms. The van der Waals surface area contributed by atoms with Gasteiger partial charge in [0.05, 0.1) is 0 Å². The Balaban J connectivity index is 1.17. The van der Waals surface area contributed by atoms with Crippen LogP contribution in [0.1, 0.15) is 42.7 Å². The van der Waals surface area contributed by atoms with E-state index in [9.17, 15) is 14.4 Å². The molecule has 0 saturated carbocycles. The second kappa shape index (κ2) is 10.7. The van der Waals surface area contributed by atoms with Gasteiger partial charge in [0.1, 0.15) is 5.25 Å². The number of thioether (sulfide) groups is 1. The van der Waals surface area contributed by atoms with Crippen molar-refractivity contribution >= 4 is 40.2 Å². The Morgan fingerprint density at radius 2 is 1.55 bits per heavy atom. The fraction of sp³-hybridized carbons (Fsp3) is 0.323. The first-order chi connectivity index (χ1) is 18.5. The Bertz CT molecular complexity index is 1350. The highest BCUT2D eigenvalue weighted by Crippen LogP contribution is 2.43. The fourth-order valence-electron chi connectivity index (χ4n) is 6.13. The lowest BCUT2D eigenvalue weighted by Crippen LogP contribution is -2.36. The van der Waals surface area contributed by atoms with Crippen LogP contribution in [0.3, 0.4) is 0 Å². The summed E-state index contributed by atoms with van der Waals surface area (Å²) in [4.78, 5) is 39.3. The van der Waals surface area contributed by atoms with Crippen molar-refractivity contribution in [2.45, 2.75) is 43.3 Å². The van der Waals surface area contributed by atoms with Gasteiger partial charge in [-0.05, 0) is 72.1 Å². The monoisotopic (exact) mass is 525 g/mol. The summed E-state index contributed by atoms with van der Waals surface area (Å²) in [6.45, 7) is 1.93. The molecule has 3 aliphatic rings. The number of imide groups is 1. The second-order valence-electron chi connectivity index (χ2n) is 10.4. The van der Waals surface area contributed by atoms with E-state index in [-0.39, 0.29) is 23.0 Å². The first-order valence-electron chi connectivity index (χ1n) is 13.4. The first kappa shape index (κ1) is 24.7. The first-order valence-corrected chi connectivity index (χ1v) is 14.3. The predicted molar refractivity (Wildman–Crippen MR) is 152 cm³/mol. The van der Waals surface area contributed by atoms with Gasteiger partial charge in [-0.15, -0.1) is 0 Å². The van der Waals surface area contributed by atoms with Crippen LogP contribution in [0, 0.1) is 5.92 Å². The molecule has 2 fully saturated rings. The summed E-state index contributed by atoms with van der Waals surface area (Å²) < 4.78 is 0. The van der Waals surface area contributed by atoms with E-state index in [2.05, 4.69) is 70.1 Å². The smallest absolute Gasteiger partial charge is 0.286 e. The molecule has 3 aromatic rings. The standard InChI is InChI=1S/C31H31N3O3S/c35-28-14-13-25-24(7-4-8-27(25)32-28)26(29-30(36)33-31(37)38-29)19-20-15-17-34(18-16-20)23-11-9-22(10-12-23)21-5-2-1-3-6-21/h1-12,20,26,29H,13-19H2,(H,32,35)(H,33,36,37). The summed E-state index contributed by atoms with van der Waals surface area (Å²) in [5.74, 6) is 0.216. The molecule has 194 valence electrons. The van der Waals surface area contributed by atoms with Gasteiger partial charge in [-0.2, -0.15) is 0 Å². The molecule has 0 spiro atoms. The Kier molecular flexibility index (Phi) is 6.94. The van der Waals surface area contributed by atoms with Crippen molar-refractivity contribution in [3.05, 3.63) is 83.9 Å². The molecule has 3 aromatic carbocycles. The number of amides is 3. The average molecular weight is 526 g/mol. The number of rotatable bonds is 6. The lowest BCUT2D eigenvalue weighted by Gasteiger charge is -2.36. The molecule has 0 aliphatic carbocycles. The molecule has 2 atom stereocenters. The SMILES string of the molecule is O=C1CCc2c(cccc2C(CC2CCN(c3ccc(-c4ccccc4)cc3)CC2)C2SC(=O)NC2=O)N1. The van der Waals surface area contributed by atoms with E-state index in [1.165, 1.54) is 16.8 Å². The number of nitrogens with one attached hydrogen (secondary N) is 2. The number of fused-ring (bicyclic) bond motifs is 1. The van der Waals surface area contributed by atoms with Crippen molar-refractivity contribution in [3.63, 3.8) is 0 Å². The molecule has 2 N–H and O–H groups in total. The highest BCUT2D eigenvalue weighted by Gasteiger charge is 2.41. The lowest BCUT2D eigenvalue weighted by atomic mass is 9.79. The number of carbonyl (C=O) groups is 3. The zero-order chi connectivity index (χ0) is 26.1. The summed E-state index contributed by atoms with van der Waals surface area (Å²) in [5, 5.41) is 4.78. The maximum Gasteiger partial charge on any atom is 0.286 e. The number of nitrogens with zero attached hydrogens (tertiary/aromatic N) is 1. The van der Waals surface area contributed by atoms with Crippen molar-refractivity contribution in [2.75, 3.05) is 23.3 Å². The van der Waals surface area contributed by atoms with Crippen LogP contribution in [0.5, 0.6) is 0 Å². The minimum Gasteiger partial charge on any atom is -0.372 e. The predicted octanol–water partition coefficient (Wildman–Crippen LogP) is 5.98. The molecule has 0 aromatic heterocycles. The van der Waals surface area contributed by atoms with Crippen LogP contribution < -0.4 is 15.5 Å². The Labute approximate surface area is 227 Å². The third-order valence-corrected chi connectivity index (χ3v) is 9.23. The third kappa shape index (κ3) is 5.07. The quantitative estimate of drug-likeness (QED) is 0.414. The van der Waals surface area contributed by atoms with E-state index in [0.717, 1.165) is 60.9 Å². The number of benzene rings is 3. The number of hydrogen-bond acceptors (Lipinski definition) is 5. The number of piperidine rings is 1. The Morgan fingerprint density at radius 3 is 2.26 bits per heavy atom. The second-order valence-corrected chi connectivity index (χ2v) is 11.5. The molecule has 2 saturated heterocycles. The van der Waals surface area contributed by atoms with Gasteiger partial charge in [0.15, 0.2) is 0 Å². The lowest BCUT2D eigenvalue weighted by molar-refractivity contribution is -0.119. The number of hydrogen-bond donors (Lipinski definition) is 2. The summed E-state index contributed by atoms with van der Waals surface area (Å²) in [6, 6.07) is 25.2. The van der Waals surface area contributed by atoms with E-state index in [1.807, 2.05) is 18.2 Å². The Hall–Kier alpha value is -3.58. The van der Waals surface area contributed by atoms with Crippen LogP contribution in [-0.2, 0) is 16.0 Å². The molecule has 6 rings (SSSR count). The maximum atomic E-state index is 12.8. The van der Waals surface area contributed by atoms with Crippen molar-refractivity contribution in [1.82, 2.24) is 5.32 Å². The molecule has 3 amide bonds. The largest absolute Gasteiger partial charge is 0.372 e. The van der Waals surface area contributed by atoms with Gasteiger partial charge in [0, 0.05) is 36.8 Å². The topological polar surface area (TPSA) is 78.5 Å². The van der Waals surface area contributed by atoms with E-state index in [4.69, 9.17) is 0 Å². The molecule has 38 heavy (non-hydrogen) atoms. The van der Waals surface area contributed by atoms with Crippen molar-refractivity contribution < 1.29 is 14.4 Å². The summed E-state index contributed by atoms with van der Waals surface area (Å²) in [6.07, 6.45) is 4.04. The van der Waals surface area contributed by atoms with Gasteiger partial charge in [0.2, 0.25) is 11.8 Å². The zero-order valence-electron chi connectivity index (χ0n) is 21.2. The van der Waals surface area contributed by atoms with Crippen molar-refractivity contribution in [3.8, 4) is 11.1 Å². The van der Waals surface area contributed by atoms with E-state index in [0.29, 0.717) is 18.8 Å². The average Bonchev–Trinajstić information content (AvgIpc) is 3.29. The maximum absolute atomic E-state index is 12.8. The molecule has 3 aliphatic heterocycles. The number of carbonyl (C=O) groups excluding carboxylic acids is 3. The van der Waals surface area contributed by atoms with E-state index >= 15 is 0 Å². The van der Waals surface area contributed by atoms with Crippen LogP contribution >= 0.6 is 11.8 Å². The molecule has 6 nitrogen and oxygen atoms in total. The van der Waals surface area contributed by atoms with Crippen molar-refractivity contribution in [1.29, 1.82) is 0 Å². The van der Waals surface area contributed by atoms with Gasteiger partial charge in [-0.25, -0.2) is 0 Å². The van der Waals surface area contributed by atoms with E-state index < -0.39 is 5.25 Å². The molecule has 2 unspecified atom stereocenters. The van der Waals surface area contributed by atoms with Crippen LogP contribution in [0.4, 0.5) is 16.2 Å². The van der Waals surface area contributed by atoms with Crippen LogP contribution in [0.15, 0.2) is 72.8 Å². The third-order valence-electron chi connectivity index (χ3n) is 8.11. The minimum absolute atomic E-state index is 0.0264.